The topological polar surface area (TPSA) is 65.2 Å². The molecule has 0 fully saturated rings. The summed E-state index contributed by atoms with van der Waals surface area (Å²) < 4.78 is 35.1. The van der Waals surface area contributed by atoms with Gasteiger partial charge in [0.1, 0.15) is 5.75 Å². The number of halogens is 3. The van der Waals surface area contributed by atoms with E-state index in [-0.39, 0.29) is 22.6 Å². The molecule has 0 amide bonds. The fraction of sp³-hybridized carbons (Fsp3) is 0.167. The molecule has 0 saturated heterocycles. The second kappa shape index (κ2) is 8.62. The summed E-state index contributed by atoms with van der Waals surface area (Å²) in [6.07, 6.45) is 0. The van der Waals surface area contributed by atoms with Crippen LogP contribution in [0.1, 0.15) is 17.3 Å². The summed E-state index contributed by atoms with van der Waals surface area (Å²) >= 11 is 4.48. The highest BCUT2D eigenvalue weighted by atomic mass is 79.9. The molecule has 3 aromatic rings. The number of nitrogens with zero attached hydrogens (tertiary/aromatic N) is 2. The van der Waals surface area contributed by atoms with Crippen molar-refractivity contribution in [3.05, 3.63) is 58.6 Å². The van der Waals surface area contributed by atoms with Gasteiger partial charge in [-0.2, -0.15) is 8.78 Å². The quantitative estimate of drug-likeness (QED) is 0.348. The first-order chi connectivity index (χ1) is 12.9. The Kier molecular flexibility index (Phi) is 6.22. The van der Waals surface area contributed by atoms with Crippen LogP contribution in [0, 0.1) is 0 Å². The number of carbonyl (C=O) groups excluding carboxylic acids is 1. The van der Waals surface area contributed by atoms with Crippen molar-refractivity contribution in [3.63, 3.8) is 0 Å². The number of hydrogen-bond acceptors (Lipinski definition) is 6. The minimum Gasteiger partial charge on any atom is -0.435 e. The molecule has 0 bridgehead atoms. The predicted octanol–water partition coefficient (Wildman–Crippen LogP) is 5.46. The Balaban J connectivity index is 1.66. The van der Waals surface area contributed by atoms with Crippen LogP contribution in [-0.4, -0.2) is 27.8 Å². The molecule has 1 aromatic heterocycles. The molecule has 0 radical (unpaired) electrons. The first kappa shape index (κ1) is 19.5. The molecule has 27 heavy (non-hydrogen) atoms. The lowest BCUT2D eigenvalue weighted by Gasteiger charge is -2.07. The lowest BCUT2D eigenvalue weighted by atomic mass is 10.1. The van der Waals surface area contributed by atoms with Gasteiger partial charge in [0.25, 0.3) is 5.22 Å². The van der Waals surface area contributed by atoms with E-state index in [0.29, 0.717) is 11.1 Å². The Morgan fingerprint density at radius 1 is 1.11 bits per heavy atom. The van der Waals surface area contributed by atoms with E-state index in [1.54, 1.807) is 31.2 Å². The van der Waals surface area contributed by atoms with Gasteiger partial charge in [-0.05, 0) is 43.3 Å². The van der Waals surface area contributed by atoms with Crippen LogP contribution in [0.4, 0.5) is 8.78 Å². The van der Waals surface area contributed by atoms with Crippen LogP contribution in [0.5, 0.6) is 5.75 Å². The molecule has 0 saturated carbocycles. The highest BCUT2D eigenvalue weighted by Crippen LogP contribution is 2.29. The molecule has 0 aliphatic rings. The highest BCUT2D eigenvalue weighted by Gasteiger charge is 2.20. The Morgan fingerprint density at radius 2 is 1.78 bits per heavy atom. The Labute approximate surface area is 166 Å². The zero-order valence-corrected chi connectivity index (χ0v) is 16.3. The fourth-order valence-electron chi connectivity index (χ4n) is 2.21. The van der Waals surface area contributed by atoms with Gasteiger partial charge in [-0.25, -0.2) is 0 Å². The van der Waals surface area contributed by atoms with Crippen molar-refractivity contribution in [3.8, 4) is 17.2 Å². The lowest BCUT2D eigenvalue weighted by molar-refractivity contribution is -0.0498. The van der Waals surface area contributed by atoms with Gasteiger partial charge in [0.2, 0.25) is 5.89 Å². The minimum atomic E-state index is -2.88. The molecule has 140 valence electrons. The molecule has 0 aliphatic heterocycles. The van der Waals surface area contributed by atoms with Crippen molar-refractivity contribution in [1.82, 2.24) is 10.2 Å². The lowest BCUT2D eigenvalue weighted by Crippen LogP contribution is -2.13. The van der Waals surface area contributed by atoms with Crippen LogP contribution in [0.3, 0.4) is 0 Å². The number of thioether (sulfide) groups is 1. The Bertz CT molecular complexity index is 917. The maximum Gasteiger partial charge on any atom is 0.387 e. The van der Waals surface area contributed by atoms with Crippen molar-refractivity contribution in [2.45, 2.75) is 24.0 Å². The maximum atomic E-state index is 12.5. The van der Waals surface area contributed by atoms with Gasteiger partial charge in [-0.1, -0.05) is 39.8 Å². The Morgan fingerprint density at radius 3 is 2.41 bits per heavy atom. The molecule has 3 rings (SSSR count). The number of aromatic nitrogens is 2. The maximum absolute atomic E-state index is 12.5. The van der Waals surface area contributed by atoms with E-state index in [1.165, 1.54) is 24.3 Å². The summed E-state index contributed by atoms with van der Waals surface area (Å²) in [6.45, 7) is -1.12. The summed E-state index contributed by atoms with van der Waals surface area (Å²) in [7, 11) is 0. The summed E-state index contributed by atoms with van der Waals surface area (Å²) in [6, 6.07) is 12.9. The second-order valence-corrected chi connectivity index (χ2v) is 7.61. The molecule has 1 heterocycles. The highest BCUT2D eigenvalue weighted by molar-refractivity contribution is 9.10. The van der Waals surface area contributed by atoms with Crippen LogP contribution in [0.15, 0.2) is 62.6 Å². The van der Waals surface area contributed by atoms with Crippen molar-refractivity contribution >= 4 is 33.5 Å². The summed E-state index contributed by atoms with van der Waals surface area (Å²) in [5.41, 5.74) is 1.15. The van der Waals surface area contributed by atoms with Crippen LogP contribution in [-0.2, 0) is 0 Å². The molecule has 5 nitrogen and oxygen atoms in total. The molecular weight excluding hydrogens is 442 g/mol. The number of benzene rings is 2. The second-order valence-electron chi connectivity index (χ2n) is 5.41. The average molecular weight is 455 g/mol. The van der Waals surface area contributed by atoms with Gasteiger partial charge in [0.05, 0.1) is 5.25 Å². The molecule has 0 spiro atoms. The SMILES string of the molecule is CC(Sc1nnc(-c2ccc(OC(F)F)cc2)o1)C(=O)c1ccc(Br)cc1. The van der Waals surface area contributed by atoms with Gasteiger partial charge in [-0.3, -0.25) is 4.79 Å². The van der Waals surface area contributed by atoms with Crippen LogP contribution >= 0.6 is 27.7 Å². The number of Topliss-reactive ketones (excluding diaryl/α,β-unsaturated/α-hetero) is 1. The van der Waals surface area contributed by atoms with Crippen molar-refractivity contribution in [2.75, 3.05) is 0 Å². The van der Waals surface area contributed by atoms with Crippen molar-refractivity contribution in [1.29, 1.82) is 0 Å². The molecule has 2 aromatic carbocycles. The number of ketones is 1. The molecule has 9 heteroatoms. The predicted molar refractivity (Wildman–Crippen MR) is 100 cm³/mol. The van der Waals surface area contributed by atoms with E-state index in [4.69, 9.17) is 4.42 Å². The van der Waals surface area contributed by atoms with E-state index in [2.05, 4.69) is 30.9 Å². The van der Waals surface area contributed by atoms with Crippen molar-refractivity contribution < 1.29 is 22.7 Å². The van der Waals surface area contributed by atoms with Crippen LogP contribution < -0.4 is 4.74 Å². The third-order valence-electron chi connectivity index (χ3n) is 3.51. The smallest absolute Gasteiger partial charge is 0.387 e. The van der Waals surface area contributed by atoms with E-state index in [1.807, 2.05) is 0 Å². The number of hydrogen-bond donors (Lipinski definition) is 0. The monoisotopic (exact) mass is 454 g/mol. The summed E-state index contributed by atoms with van der Waals surface area (Å²) in [4.78, 5) is 12.5. The van der Waals surface area contributed by atoms with E-state index < -0.39 is 11.9 Å². The standard InChI is InChI=1S/C18H13BrF2N2O3S/c1-10(15(24)11-2-6-13(19)7-3-11)27-18-23-22-16(26-18)12-4-8-14(9-5-12)25-17(20)21/h2-10,17H,1H3. The Hall–Kier alpha value is -2.26. The molecule has 1 unspecified atom stereocenters. The first-order valence-electron chi connectivity index (χ1n) is 7.77. The summed E-state index contributed by atoms with van der Waals surface area (Å²) in [5, 5.41) is 7.69. The minimum absolute atomic E-state index is 0.0385. The average Bonchev–Trinajstić information content (AvgIpc) is 3.10. The number of rotatable bonds is 7. The van der Waals surface area contributed by atoms with Crippen LogP contribution in [0.25, 0.3) is 11.5 Å². The zero-order valence-electron chi connectivity index (χ0n) is 13.9. The van der Waals surface area contributed by atoms with E-state index in [9.17, 15) is 13.6 Å². The van der Waals surface area contributed by atoms with E-state index in [0.717, 1.165) is 16.2 Å². The number of ether oxygens (including phenoxy) is 1. The van der Waals surface area contributed by atoms with Gasteiger partial charge in [0, 0.05) is 15.6 Å². The van der Waals surface area contributed by atoms with Gasteiger partial charge < -0.3 is 9.15 Å². The third kappa shape index (κ3) is 5.14. The first-order valence-corrected chi connectivity index (χ1v) is 9.45. The largest absolute Gasteiger partial charge is 0.435 e. The van der Waals surface area contributed by atoms with E-state index >= 15 is 0 Å². The molecule has 0 N–H and O–H groups in total. The molecule has 1 atom stereocenters. The third-order valence-corrected chi connectivity index (χ3v) is 4.97. The van der Waals surface area contributed by atoms with Crippen molar-refractivity contribution in [2.24, 2.45) is 0 Å². The number of carbonyl (C=O) groups is 1. The molecular formula is C18H13BrF2N2O3S. The van der Waals surface area contributed by atoms with Crippen LogP contribution in [0.2, 0.25) is 0 Å². The van der Waals surface area contributed by atoms with Gasteiger partial charge in [0.15, 0.2) is 5.78 Å². The zero-order chi connectivity index (χ0) is 19.4. The molecule has 0 aliphatic carbocycles. The van der Waals surface area contributed by atoms with Gasteiger partial charge >= 0.3 is 6.61 Å². The van der Waals surface area contributed by atoms with Gasteiger partial charge in [-0.15, -0.1) is 10.2 Å². The summed E-state index contributed by atoms with van der Waals surface area (Å²) in [5.74, 6) is 0.210. The number of alkyl halides is 2. The fourth-order valence-corrected chi connectivity index (χ4v) is 3.23. The normalized spacial score (nSPS) is 12.2.